The summed E-state index contributed by atoms with van der Waals surface area (Å²) in [5.41, 5.74) is 0. The van der Waals surface area contributed by atoms with E-state index in [2.05, 4.69) is 0 Å². The van der Waals surface area contributed by atoms with E-state index in [0.717, 1.165) is 0 Å². The molecule has 0 spiro atoms. The molecular formula is C17H24O4. The highest BCUT2D eigenvalue weighted by Gasteiger charge is 1.96. The van der Waals surface area contributed by atoms with E-state index in [1.54, 1.807) is 24.3 Å². The van der Waals surface area contributed by atoms with Crippen molar-refractivity contribution in [2.24, 2.45) is 0 Å². The normalized spacial score (nSPS) is 8.57. The average molecular weight is 292 g/mol. The number of hydrogen-bond donors (Lipinski definition) is 2. The molecule has 0 amide bonds. The van der Waals surface area contributed by atoms with Crippen molar-refractivity contribution in [1.29, 1.82) is 0 Å². The molecule has 0 radical (unpaired) electrons. The third kappa shape index (κ3) is 7.72. The first-order valence-electron chi connectivity index (χ1n) is 7.08. The third-order valence-corrected chi connectivity index (χ3v) is 2.12. The number of phenols is 2. The fourth-order valence-corrected chi connectivity index (χ4v) is 1.25. The van der Waals surface area contributed by atoms with Crippen LogP contribution in [0.25, 0.3) is 0 Å². The van der Waals surface area contributed by atoms with E-state index in [1.807, 2.05) is 27.7 Å². The Hall–Kier alpha value is -2.36. The molecule has 4 heteroatoms. The Bertz CT molecular complexity index is 418. The van der Waals surface area contributed by atoms with Crippen LogP contribution in [0.15, 0.2) is 48.5 Å². The highest BCUT2D eigenvalue weighted by Crippen LogP contribution is 2.18. The molecule has 2 aromatic carbocycles. The zero-order valence-corrected chi connectivity index (χ0v) is 13.0. The number of ether oxygens (including phenoxy) is 2. The minimum Gasteiger partial charge on any atom is -0.508 e. The molecule has 0 saturated carbocycles. The molecule has 4 nitrogen and oxygen atoms in total. The lowest BCUT2D eigenvalue weighted by Gasteiger charge is -2.08. The molecule has 0 unspecified atom stereocenters. The summed E-state index contributed by atoms with van der Waals surface area (Å²) < 4.78 is 10.6. The van der Waals surface area contributed by atoms with E-state index >= 15 is 0 Å². The van der Waals surface area contributed by atoms with Crippen molar-refractivity contribution in [1.82, 2.24) is 0 Å². The predicted molar refractivity (Wildman–Crippen MR) is 85.0 cm³/mol. The monoisotopic (exact) mass is 292 g/mol. The first kappa shape index (κ1) is 18.6. The molecule has 0 aliphatic rings. The van der Waals surface area contributed by atoms with Crippen molar-refractivity contribution in [3.8, 4) is 23.0 Å². The topological polar surface area (TPSA) is 58.9 Å². The fourth-order valence-electron chi connectivity index (χ4n) is 1.25. The van der Waals surface area contributed by atoms with Gasteiger partial charge in [-0.3, -0.25) is 0 Å². The molecule has 2 aromatic rings. The first-order chi connectivity index (χ1) is 10.2. The molecule has 0 saturated heterocycles. The van der Waals surface area contributed by atoms with Gasteiger partial charge in [-0.05, 0) is 48.5 Å². The van der Waals surface area contributed by atoms with E-state index in [4.69, 9.17) is 19.7 Å². The molecule has 0 aliphatic carbocycles. The standard InChI is InChI=1S/C13H12O4.2C2H6/c14-10-1-5-12(6-2-10)16-9-17-13-7-3-11(15)4-8-13;2*1-2/h1-8,14-15H,9H2;2*1-2H3. The molecule has 2 rings (SSSR count). The maximum Gasteiger partial charge on any atom is 0.230 e. The smallest absolute Gasteiger partial charge is 0.230 e. The second-order valence-corrected chi connectivity index (χ2v) is 3.39. The van der Waals surface area contributed by atoms with Gasteiger partial charge in [0.1, 0.15) is 23.0 Å². The van der Waals surface area contributed by atoms with Crippen LogP contribution in [0.4, 0.5) is 0 Å². The van der Waals surface area contributed by atoms with Crippen molar-refractivity contribution in [3.63, 3.8) is 0 Å². The van der Waals surface area contributed by atoms with Gasteiger partial charge in [0.25, 0.3) is 0 Å². The summed E-state index contributed by atoms with van der Waals surface area (Å²) in [5, 5.41) is 18.2. The van der Waals surface area contributed by atoms with Crippen LogP contribution in [-0.2, 0) is 0 Å². The van der Waals surface area contributed by atoms with Gasteiger partial charge in [0, 0.05) is 0 Å². The summed E-state index contributed by atoms with van der Waals surface area (Å²) in [5.74, 6) is 1.61. The van der Waals surface area contributed by atoms with E-state index in [-0.39, 0.29) is 18.3 Å². The van der Waals surface area contributed by atoms with Crippen LogP contribution in [0.5, 0.6) is 23.0 Å². The predicted octanol–water partition coefficient (Wildman–Crippen LogP) is 4.57. The summed E-state index contributed by atoms with van der Waals surface area (Å²) in [6.07, 6.45) is 0. The molecule has 21 heavy (non-hydrogen) atoms. The van der Waals surface area contributed by atoms with Gasteiger partial charge in [-0.15, -0.1) is 0 Å². The van der Waals surface area contributed by atoms with Gasteiger partial charge < -0.3 is 19.7 Å². The number of phenolic OH excluding ortho intramolecular Hbond substituents is 2. The Morgan fingerprint density at radius 3 is 1.19 bits per heavy atom. The molecule has 0 heterocycles. The molecule has 0 fully saturated rings. The van der Waals surface area contributed by atoms with E-state index < -0.39 is 0 Å². The van der Waals surface area contributed by atoms with Crippen molar-refractivity contribution >= 4 is 0 Å². The van der Waals surface area contributed by atoms with Crippen LogP contribution in [0.3, 0.4) is 0 Å². The Morgan fingerprint density at radius 2 is 0.905 bits per heavy atom. The summed E-state index contributed by atoms with van der Waals surface area (Å²) in [4.78, 5) is 0. The van der Waals surface area contributed by atoms with Gasteiger partial charge in [-0.2, -0.15) is 0 Å². The molecule has 116 valence electrons. The summed E-state index contributed by atoms with van der Waals surface area (Å²) in [7, 11) is 0. The highest BCUT2D eigenvalue weighted by atomic mass is 16.7. The van der Waals surface area contributed by atoms with Gasteiger partial charge in [0.05, 0.1) is 0 Å². The SMILES string of the molecule is CC.CC.Oc1ccc(OCOc2ccc(O)cc2)cc1. The number of benzene rings is 2. The van der Waals surface area contributed by atoms with Crippen LogP contribution in [-0.4, -0.2) is 17.0 Å². The van der Waals surface area contributed by atoms with Crippen molar-refractivity contribution in [2.75, 3.05) is 6.79 Å². The van der Waals surface area contributed by atoms with Crippen LogP contribution in [0.2, 0.25) is 0 Å². The zero-order valence-electron chi connectivity index (χ0n) is 13.0. The Kier molecular flexibility index (Phi) is 10.2. The van der Waals surface area contributed by atoms with Crippen molar-refractivity contribution in [2.45, 2.75) is 27.7 Å². The molecule has 0 atom stereocenters. The van der Waals surface area contributed by atoms with Crippen LogP contribution in [0, 0.1) is 0 Å². The summed E-state index contributed by atoms with van der Waals surface area (Å²) in [6, 6.07) is 12.7. The second-order valence-electron chi connectivity index (χ2n) is 3.39. The van der Waals surface area contributed by atoms with Crippen LogP contribution >= 0.6 is 0 Å². The maximum atomic E-state index is 9.08. The summed E-state index contributed by atoms with van der Waals surface area (Å²) in [6.45, 7) is 8.07. The number of hydrogen-bond acceptors (Lipinski definition) is 4. The van der Waals surface area contributed by atoms with Crippen LogP contribution in [0.1, 0.15) is 27.7 Å². The third-order valence-electron chi connectivity index (χ3n) is 2.12. The summed E-state index contributed by atoms with van der Waals surface area (Å²) >= 11 is 0. The van der Waals surface area contributed by atoms with Gasteiger partial charge in [-0.25, -0.2) is 0 Å². The molecule has 2 N–H and O–H groups in total. The van der Waals surface area contributed by atoms with Crippen LogP contribution < -0.4 is 9.47 Å². The quantitative estimate of drug-likeness (QED) is 0.811. The number of rotatable bonds is 4. The minimum absolute atomic E-state index is 0.0650. The zero-order chi connectivity index (χ0) is 16.1. The second kappa shape index (κ2) is 11.5. The fraction of sp³-hybridized carbons (Fsp3) is 0.294. The Balaban J connectivity index is 0.000000921. The highest BCUT2D eigenvalue weighted by molar-refractivity contribution is 5.31. The first-order valence-corrected chi connectivity index (χ1v) is 7.08. The van der Waals surface area contributed by atoms with E-state index in [1.165, 1.54) is 24.3 Å². The van der Waals surface area contributed by atoms with E-state index in [0.29, 0.717) is 11.5 Å². The molecular weight excluding hydrogens is 268 g/mol. The molecule has 0 aliphatic heterocycles. The van der Waals surface area contributed by atoms with Gasteiger partial charge in [0.15, 0.2) is 0 Å². The Morgan fingerprint density at radius 1 is 0.619 bits per heavy atom. The lowest BCUT2D eigenvalue weighted by Crippen LogP contribution is -2.05. The maximum absolute atomic E-state index is 9.08. The van der Waals surface area contributed by atoms with Gasteiger partial charge >= 0.3 is 0 Å². The van der Waals surface area contributed by atoms with Gasteiger partial charge in [0.2, 0.25) is 6.79 Å². The largest absolute Gasteiger partial charge is 0.508 e. The van der Waals surface area contributed by atoms with Crippen molar-refractivity contribution in [3.05, 3.63) is 48.5 Å². The molecule has 0 aromatic heterocycles. The Labute approximate surface area is 126 Å². The van der Waals surface area contributed by atoms with Crippen molar-refractivity contribution < 1.29 is 19.7 Å². The van der Waals surface area contributed by atoms with E-state index in [9.17, 15) is 0 Å². The number of aromatic hydroxyl groups is 2. The molecule has 0 bridgehead atoms. The minimum atomic E-state index is 0.0650. The lowest BCUT2D eigenvalue weighted by atomic mass is 10.3. The lowest BCUT2D eigenvalue weighted by molar-refractivity contribution is 0.119. The van der Waals surface area contributed by atoms with Gasteiger partial charge in [-0.1, -0.05) is 27.7 Å². The average Bonchev–Trinajstić information content (AvgIpc) is 2.55.